The molecule has 6 heteroatoms. The number of benzene rings is 2. The van der Waals surface area contributed by atoms with Crippen LogP contribution in [-0.4, -0.2) is 28.8 Å². The van der Waals surface area contributed by atoms with Crippen LogP contribution in [0.5, 0.6) is 0 Å². The smallest absolute Gasteiger partial charge is 0.251 e. The number of nitrogens with one attached hydrogen (secondary N) is 1. The van der Waals surface area contributed by atoms with Gasteiger partial charge < -0.3 is 10.2 Å². The molecule has 158 valence electrons. The summed E-state index contributed by atoms with van der Waals surface area (Å²) in [5.74, 6) is -0.0288. The molecule has 1 aromatic heterocycles. The van der Waals surface area contributed by atoms with E-state index in [0.29, 0.717) is 23.2 Å². The fourth-order valence-electron chi connectivity index (χ4n) is 3.61. The molecule has 1 N–H and O–H groups in total. The van der Waals surface area contributed by atoms with Crippen molar-refractivity contribution in [3.8, 4) is 0 Å². The van der Waals surface area contributed by atoms with Crippen LogP contribution in [0, 0.1) is 0 Å². The average molecular weight is 451 g/mol. The van der Waals surface area contributed by atoms with Gasteiger partial charge in [0, 0.05) is 45.2 Å². The first-order chi connectivity index (χ1) is 15.1. The Hall–Kier alpha value is -2.63. The van der Waals surface area contributed by atoms with Crippen molar-refractivity contribution < 1.29 is 9.59 Å². The largest absolute Gasteiger partial charge is 0.349 e. The molecular weight excluding hydrogens is 428 g/mol. The predicted molar refractivity (Wildman–Crippen MR) is 126 cm³/mol. The monoisotopic (exact) mass is 450 g/mol. The van der Waals surface area contributed by atoms with Gasteiger partial charge in [0.2, 0.25) is 5.91 Å². The van der Waals surface area contributed by atoms with Gasteiger partial charge in [0.15, 0.2) is 0 Å². The van der Waals surface area contributed by atoms with Crippen molar-refractivity contribution >= 4 is 50.9 Å². The van der Waals surface area contributed by atoms with Gasteiger partial charge in [0.25, 0.3) is 5.91 Å². The number of carbonyl (C=O) groups excluding carboxylic acids is 2. The standard InChI is InChI=1S/C25H23ClN2O2S/c26-24-20-3-1-2-4-21(20)31-22(24)13-14-23(29)28(19-11-12-19)15-16-5-7-17(8-6-16)25(30)27-18-9-10-18/h1-8,13-14,18-19H,9-12,15H2,(H,27,30)/b14-13+. The summed E-state index contributed by atoms with van der Waals surface area (Å²) in [5.41, 5.74) is 1.69. The second kappa shape index (κ2) is 8.48. The van der Waals surface area contributed by atoms with E-state index in [2.05, 4.69) is 5.32 Å². The molecule has 2 amide bonds. The van der Waals surface area contributed by atoms with Crippen molar-refractivity contribution in [3.63, 3.8) is 0 Å². The number of carbonyl (C=O) groups is 2. The maximum Gasteiger partial charge on any atom is 0.251 e. The van der Waals surface area contributed by atoms with E-state index in [1.807, 2.05) is 59.5 Å². The lowest BCUT2D eigenvalue weighted by molar-refractivity contribution is -0.127. The molecule has 1 heterocycles. The zero-order chi connectivity index (χ0) is 21.4. The molecule has 2 aromatic carbocycles. The van der Waals surface area contributed by atoms with Gasteiger partial charge in [-0.25, -0.2) is 0 Å². The number of hydrogen-bond acceptors (Lipinski definition) is 3. The van der Waals surface area contributed by atoms with Crippen LogP contribution < -0.4 is 5.32 Å². The molecule has 0 unspecified atom stereocenters. The first kappa shape index (κ1) is 20.3. The highest BCUT2D eigenvalue weighted by atomic mass is 35.5. The summed E-state index contributed by atoms with van der Waals surface area (Å²) in [7, 11) is 0. The number of fused-ring (bicyclic) bond motifs is 1. The molecule has 2 aliphatic rings. The van der Waals surface area contributed by atoms with E-state index in [0.717, 1.165) is 46.2 Å². The van der Waals surface area contributed by atoms with Gasteiger partial charge in [-0.15, -0.1) is 11.3 Å². The van der Waals surface area contributed by atoms with E-state index < -0.39 is 0 Å². The Morgan fingerprint density at radius 3 is 2.48 bits per heavy atom. The molecule has 5 rings (SSSR count). The van der Waals surface area contributed by atoms with Crippen LogP contribution in [-0.2, 0) is 11.3 Å². The average Bonchev–Trinajstić information content (AvgIpc) is 3.71. The second-order valence-electron chi connectivity index (χ2n) is 8.25. The van der Waals surface area contributed by atoms with Crippen LogP contribution in [0.1, 0.15) is 46.5 Å². The number of hydrogen-bond donors (Lipinski definition) is 1. The third-order valence-corrected chi connectivity index (χ3v) is 7.34. The van der Waals surface area contributed by atoms with Crippen LogP contribution in [0.15, 0.2) is 54.6 Å². The molecule has 4 nitrogen and oxygen atoms in total. The van der Waals surface area contributed by atoms with Crippen molar-refractivity contribution in [1.82, 2.24) is 10.2 Å². The normalized spacial score (nSPS) is 16.0. The van der Waals surface area contributed by atoms with E-state index in [1.54, 1.807) is 17.4 Å². The van der Waals surface area contributed by atoms with Gasteiger partial charge in [-0.1, -0.05) is 41.9 Å². The molecular formula is C25H23ClN2O2S. The Balaban J connectivity index is 1.28. The Morgan fingerprint density at radius 2 is 1.81 bits per heavy atom. The number of nitrogens with zero attached hydrogens (tertiary/aromatic N) is 1. The van der Waals surface area contributed by atoms with E-state index in [9.17, 15) is 9.59 Å². The maximum absolute atomic E-state index is 13.0. The van der Waals surface area contributed by atoms with E-state index in [-0.39, 0.29) is 17.9 Å². The molecule has 0 spiro atoms. The molecule has 0 atom stereocenters. The maximum atomic E-state index is 13.0. The molecule has 0 saturated heterocycles. The third-order valence-electron chi connectivity index (χ3n) is 5.69. The Kier molecular flexibility index (Phi) is 5.55. The molecule has 31 heavy (non-hydrogen) atoms. The van der Waals surface area contributed by atoms with Gasteiger partial charge in [-0.3, -0.25) is 9.59 Å². The summed E-state index contributed by atoms with van der Waals surface area (Å²) >= 11 is 8.09. The highest BCUT2D eigenvalue weighted by Crippen LogP contribution is 2.36. The summed E-state index contributed by atoms with van der Waals surface area (Å²) in [6.07, 6.45) is 7.67. The zero-order valence-electron chi connectivity index (χ0n) is 17.0. The lowest BCUT2D eigenvalue weighted by Crippen LogP contribution is -2.31. The first-order valence-electron chi connectivity index (χ1n) is 10.6. The van der Waals surface area contributed by atoms with Crippen LogP contribution in [0.3, 0.4) is 0 Å². The SMILES string of the molecule is O=C(NC1CC1)c1ccc(CN(C(=O)/C=C/c2sc3ccccc3c2Cl)C2CC2)cc1. The molecule has 0 aliphatic heterocycles. The molecule has 0 radical (unpaired) electrons. The summed E-state index contributed by atoms with van der Waals surface area (Å²) in [6.45, 7) is 0.540. The quantitative estimate of drug-likeness (QED) is 0.473. The fraction of sp³-hybridized carbons (Fsp3) is 0.280. The number of amides is 2. The summed E-state index contributed by atoms with van der Waals surface area (Å²) in [5, 5.41) is 4.72. The molecule has 2 saturated carbocycles. The van der Waals surface area contributed by atoms with Crippen LogP contribution in [0.4, 0.5) is 0 Å². The third kappa shape index (κ3) is 4.68. The summed E-state index contributed by atoms with van der Waals surface area (Å²) in [6, 6.07) is 16.2. The van der Waals surface area contributed by atoms with E-state index >= 15 is 0 Å². The number of halogens is 1. The molecule has 0 bridgehead atoms. The Bertz CT molecular complexity index is 1160. The number of rotatable bonds is 7. The minimum absolute atomic E-state index is 0.00780. The lowest BCUT2D eigenvalue weighted by Gasteiger charge is -2.21. The van der Waals surface area contributed by atoms with Gasteiger partial charge in [0.1, 0.15) is 0 Å². The minimum Gasteiger partial charge on any atom is -0.349 e. The van der Waals surface area contributed by atoms with Crippen molar-refractivity contribution in [1.29, 1.82) is 0 Å². The fourth-order valence-corrected chi connectivity index (χ4v) is 5.01. The van der Waals surface area contributed by atoms with Crippen LogP contribution >= 0.6 is 22.9 Å². The molecule has 2 aliphatic carbocycles. The van der Waals surface area contributed by atoms with Crippen molar-refractivity contribution in [2.45, 2.75) is 44.3 Å². The van der Waals surface area contributed by atoms with Gasteiger partial charge in [0.05, 0.1) is 5.02 Å². The van der Waals surface area contributed by atoms with E-state index in [1.165, 1.54) is 0 Å². The topological polar surface area (TPSA) is 49.4 Å². The van der Waals surface area contributed by atoms with Crippen LogP contribution in [0.25, 0.3) is 16.2 Å². The summed E-state index contributed by atoms with van der Waals surface area (Å²) in [4.78, 5) is 28.0. The zero-order valence-corrected chi connectivity index (χ0v) is 18.6. The van der Waals surface area contributed by atoms with Crippen LogP contribution in [0.2, 0.25) is 5.02 Å². The van der Waals surface area contributed by atoms with Crippen molar-refractivity contribution in [2.24, 2.45) is 0 Å². The predicted octanol–water partition coefficient (Wildman–Crippen LogP) is 5.65. The second-order valence-corrected chi connectivity index (χ2v) is 9.71. The lowest BCUT2D eigenvalue weighted by atomic mass is 10.1. The first-order valence-corrected chi connectivity index (χ1v) is 11.8. The van der Waals surface area contributed by atoms with Gasteiger partial charge >= 0.3 is 0 Å². The Labute approximate surface area is 190 Å². The molecule has 3 aromatic rings. The van der Waals surface area contributed by atoms with E-state index in [4.69, 9.17) is 11.6 Å². The molecule has 2 fully saturated rings. The van der Waals surface area contributed by atoms with Gasteiger partial charge in [-0.2, -0.15) is 0 Å². The Morgan fingerprint density at radius 1 is 1.06 bits per heavy atom. The van der Waals surface area contributed by atoms with Crippen molar-refractivity contribution in [3.05, 3.63) is 75.6 Å². The minimum atomic E-state index is -0.0210. The highest BCUT2D eigenvalue weighted by Gasteiger charge is 2.31. The van der Waals surface area contributed by atoms with Gasteiger partial charge in [-0.05, 0) is 55.5 Å². The summed E-state index contributed by atoms with van der Waals surface area (Å²) < 4.78 is 1.12. The van der Waals surface area contributed by atoms with Crippen molar-refractivity contribution in [2.75, 3.05) is 0 Å². The number of thiophene rings is 1. The highest BCUT2D eigenvalue weighted by molar-refractivity contribution is 7.20.